The molecule has 7 nitrogen and oxygen atoms in total. The number of likely N-dealkylation sites (N-methyl/N-ethyl adjacent to an activating group) is 1. The molecular weight excluding hydrogens is 326 g/mol. The lowest BCUT2D eigenvalue weighted by molar-refractivity contribution is -0.914. The summed E-state index contributed by atoms with van der Waals surface area (Å²) in [5.41, 5.74) is 2.09. The van der Waals surface area contributed by atoms with Crippen molar-refractivity contribution in [3.63, 3.8) is 0 Å². The highest BCUT2D eigenvalue weighted by Gasteiger charge is 2.37. The summed E-state index contributed by atoms with van der Waals surface area (Å²) in [5, 5.41) is 0. The Bertz CT molecular complexity index is 687. The van der Waals surface area contributed by atoms with Crippen LogP contribution in [0.4, 0.5) is 0 Å². The Hall–Kier alpha value is -2.28. The summed E-state index contributed by atoms with van der Waals surface area (Å²) < 4.78 is 21.5. The van der Waals surface area contributed by atoms with Crippen LogP contribution >= 0.6 is 0 Å². The summed E-state index contributed by atoms with van der Waals surface area (Å²) in [6.45, 7) is 3.07. The van der Waals surface area contributed by atoms with Gasteiger partial charge in [-0.05, 0) is 18.6 Å². The minimum Gasteiger partial charge on any atom is -0.492 e. The topological polar surface area (TPSA) is 75.5 Å². The molecule has 0 amide bonds. The highest BCUT2D eigenvalue weighted by atomic mass is 16.7. The van der Waals surface area contributed by atoms with E-state index in [1.807, 2.05) is 6.07 Å². The summed E-state index contributed by atoms with van der Waals surface area (Å²) in [7, 11) is 3.65. The first-order valence-corrected chi connectivity index (χ1v) is 8.54. The molecule has 0 spiro atoms. The van der Waals surface area contributed by atoms with E-state index in [0.29, 0.717) is 17.2 Å². The molecular formula is C18H24NO6+. The number of carbonyl (C=O) groups excluding carboxylic acids is 2. The Morgan fingerprint density at radius 3 is 2.88 bits per heavy atom. The molecule has 1 aromatic rings. The van der Waals surface area contributed by atoms with Crippen LogP contribution in [0.2, 0.25) is 0 Å². The average molecular weight is 350 g/mol. The Morgan fingerprint density at radius 1 is 1.36 bits per heavy atom. The predicted molar refractivity (Wildman–Crippen MR) is 88.2 cm³/mol. The van der Waals surface area contributed by atoms with E-state index in [2.05, 4.69) is 7.05 Å². The van der Waals surface area contributed by atoms with Gasteiger partial charge in [0, 0.05) is 6.42 Å². The third-order valence-corrected chi connectivity index (χ3v) is 4.76. The fourth-order valence-electron chi connectivity index (χ4n) is 3.57. The second-order valence-electron chi connectivity index (χ2n) is 6.34. The number of hydrogen-bond donors (Lipinski definition) is 1. The largest absolute Gasteiger partial charge is 0.492 e. The number of carbonyl (C=O) groups is 2. The van der Waals surface area contributed by atoms with Crippen molar-refractivity contribution in [2.75, 3.05) is 34.1 Å². The molecule has 136 valence electrons. The lowest BCUT2D eigenvalue weighted by Crippen LogP contribution is -3.10. The van der Waals surface area contributed by atoms with Crippen LogP contribution < -0.4 is 19.1 Å². The first-order valence-electron chi connectivity index (χ1n) is 8.54. The molecule has 1 unspecified atom stereocenters. The Kier molecular flexibility index (Phi) is 5.13. The molecule has 0 saturated heterocycles. The van der Waals surface area contributed by atoms with Crippen LogP contribution in [0.15, 0.2) is 6.07 Å². The third-order valence-electron chi connectivity index (χ3n) is 4.76. The van der Waals surface area contributed by atoms with Gasteiger partial charge in [0.15, 0.2) is 11.5 Å². The summed E-state index contributed by atoms with van der Waals surface area (Å²) in [4.78, 5) is 25.2. The van der Waals surface area contributed by atoms with Crippen molar-refractivity contribution in [2.24, 2.45) is 0 Å². The van der Waals surface area contributed by atoms with Crippen LogP contribution in [0, 0.1) is 0 Å². The maximum absolute atomic E-state index is 12.4. The van der Waals surface area contributed by atoms with Crippen LogP contribution in [-0.2, 0) is 20.7 Å². The molecule has 7 heteroatoms. The number of quaternary nitrogens is 1. The van der Waals surface area contributed by atoms with E-state index in [4.69, 9.17) is 18.9 Å². The normalized spacial score (nSPS) is 20.8. The number of nitrogens with one attached hydrogen (secondary N) is 1. The molecule has 25 heavy (non-hydrogen) atoms. The number of ether oxygens (including phenoxy) is 4. The minimum atomic E-state index is -0.473. The van der Waals surface area contributed by atoms with Gasteiger partial charge in [-0.25, -0.2) is 0 Å². The Labute approximate surface area is 146 Å². The van der Waals surface area contributed by atoms with Gasteiger partial charge in [-0.3, -0.25) is 9.59 Å². The number of ketones is 1. The number of esters is 1. The van der Waals surface area contributed by atoms with Crippen molar-refractivity contribution >= 4 is 11.8 Å². The molecule has 1 aromatic carbocycles. The number of hydrogen-bond acceptors (Lipinski definition) is 6. The maximum Gasteiger partial charge on any atom is 0.313 e. The molecule has 3 rings (SSSR count). The van der Waals surface area contributed by atoms with Crippen molar-refractivity contribution in [1.29, 1.82) is 0 Å². The zero-order chi connectivity index (χ0) is 18.0. The van der Waals surface area contributed by atoms with Crippen molar-refractivity contribution in [3.05, 3.63) is 17.2 Å². The number of Topliss-reactive ketones (excluding diaryl/α,β-unsaturated/α-hetero) is 1. The van der Waals surface area contributed by atoms with Gasteiger partial charge in [0.1, 0.15) is 18.2 Å². The predicted octanol–water partition coefficient (Wildman–Crippen LogP) is 0.448. The van der Waals surface area contributed by atoms with Gasteiger partial charge in [0.2, 0.25) is 12.5 Å². The molecule has 0 aliphatic carbocycles. The molecule has 0 bridgehead atoms. The molecule has 0 fully saturated rings. The molecule has 0 radical (unpaired) electrons. The van der Waals surface area contributed by atoms with E-state index in [1.165, 1.54) is 4.90 Å². The summed E-state index contributed by atoms with van der Waals surface area (Å²) in [6.07, 6.45) is 0.935. The Balaban J connectivity index is 1.89. The fourth-order valence-corrected chi connectivity index (χ4v) is 3.57. The van der Waals surface area contributed by atoms with Gasteiger partial charge in [-0.1, -0.05) is 0 Å². The third kappa shape index (κ3) is 3.42. The van der Waals surface area contributed by atoms with Crippen LogP contribution in [0.3, 0.4) is 0 Å². The van der Waals surface area contributed by atoms with E-state index in [-0.39, 0.29) is 38.1 Å². The standard InChI is InChI=1S/C18H23NO6/c1-4-23-15(21)9-12(20)8-13-16-11(5-6-19(13)2)7-14-17(18(16)22-3)25-10-24-14/h7,13H,4-6,8-10H2,1-3H3/p+1/t13-/m0/s1. The second kappa shape index (κ2) is 7.31. The number of methoxy groups -OCH3 is 1. The summed E-state index contributed by atoms with van der Waals surface area (Å²) >= 11 is 0. The van der Waals surface area contributed by atoms with Gasteiger partial charge in [0.25, 0.3) is 0 Å². The van der Waals surface area contributed by atoms with Crippen molar-refractivity contribution in [1.82, 2.24) is 0 Å². The van der Waals surface area contributed by atoms with Crippen LogP contribution in [0.25, 0.3) is 0 Å². The smallest absolute Gasteiger partial charge is 0.313 e. The lowest BCUT2D eigenvalue weighted by atomic mass is 9.88. The fraction of sp³-hybridized carbons (Fsp3) is 0.556. The van der Waals surface area contributed by atoms with E-state index in [0.717, 1.165) is 24.1 Å². The molecule has 2 heterocycles. The Morgan fingerprint density at radius 2 is 2.16 bits per heavy atom. The van der Waals surface area contributed by atoms with Gasteiger partial charge in [0.05, 0.1) is 39.3 Å². The number of benzene rings is 1. The first kappa shape index (κ1) is 17.5. The van der Waals surface area contributed by atoms with Gasteiger partial charge in [-0.2, -0.15) is 0 Å². The SMILES string of the molecule is CCOC(=O)CC(=O)C[C@H]1c2c(cc3c(c2OC)OCO3)CC[NH+]1C. The van der Waals surface area contributed by atoms with Crippen LogP contribution in [0.1, 0.15) is 36.9 Å². The quantitative estimate of drug-likeness (QED) is 0.593. The van der Waals surface area contributed by atoms with Crippen LogP contribution in [0.5, 0.6) is 17.2 Å². The number of rotatable bonds is 6. The van der Waals surface area contributed by atoms with Crippen molar-refractivity contribution in [3.8, 4) is 17.2 Å². The molecule has 2 aliphatic heterocycles. The van der Waals surface area contributed by atoms with E-state index in [1.54, 1.807) is 14.0 Å². The molecule has 0 saturated carbocycles. The van der Waals surface area contributed by atoms with E-state index in [9.17, 15) is 9.59 Å². The highest BCUT2D eigenvalue weighted by molar-refractivity contribution is 5.95. The minimum absolute atomic E-state index is 0.0878. The lowest BCUT2D eigenvalue weighted by Gasteiger charge is -2.32. The number of fused-ring (bicyclic) bond motifs is 2. The van der Waals surface area contributed by atoms with Gasteiger partial charge in [-0.15, -0.1) is 0 Å². The van der Waals surface area contributed by atoms with E-state index >= 15 is 0 Å². The van der Waals surface area contributed by atoms with Crippen LogP contribution in [-0.4, -0.2) is 45.9 Å². The van der Waals surface area contributed by atoms with Gasteiger partial charge >= 0.3 is 5.97 Å². The second-order valence-corrected chi connectivity index (χ2v) is 6.34. The molecule has 2 aliphatic rings. The maximum atomic E-state index is 12.4. The molecule has 0 aromatic heterocycles. The average Bonchev–Trinajstić information content (AvgIpc) is 3.03. The zero-order valence-electron chi connectivity index (χ0n) is 14.8. The summed E-state index contributed by atoms with van der Waals surface area (Å²) in [5.74, 6) is 1.32. The molecule has 1 N–H and O–H groups in total. The highest BCUT2D eigenvalue weighted by Crippen LogP contribution is 2.47. The monoisotopic (exact) mass is 350 g/mol. The van der Waals surface area contributed by atoms with Crippen molar-refractivity contribution in [2.45, 2.75) is 32.2 Å². The van der Waals surface area contributed by atoms with Gasteiger partial charge < -0.3 is 23.8 Å². The van der Waals surface area contributed by atoms with E-state index < -0.39 is 5.97 Å². The van der Waals surface area contributed by atoms with Crippen molar-refractivity contribution < 1.29 is 33.4 Å². The molecule has 2 atom stereocenters. The zero-order valence-corrected chi connectivity index (χ0v) is 14.8. The first-order chi connectivity index (χ1) is 12.0. The summed E-state index contributed by atoms with van der Waals surface area (Å²) in [6, 6.07) is 1.89.